The number of rotatable bonds is 7. The molecule has 8 nitrogen and oxygen atoms in total. The number of sulfonamides is 1. The number of hydrogen-bond donors (Lipinski definition) is 1. The molecule has 0 aliphatic carbocycles. The summed E-state index contributed by atoms with van der Waals surface area (Å²) in [6.45, 7) is 4.97. The zero-order chi connectivity index (χ0) is 19.4. The minimum absolute atomic E-state index is 0.0174. The molecule has 148 valence electrons. The zero-order valence-corrected chi connectivity index (χ0v) is 16.5. The van der Waals surface area contributed by atoms with Crippen LogP contribution in [0.1, 0.15) is 11.4 Å². The summed E-state index contributed by atoms with van der Waals surface area (Å²) in [6, 6.07) is 7.76. The minimum Gasteiger partial charge on any atom is -0.491 e. The number of aryl methyl sites for hydroxylation is 2. The summed E-state index contributed by atoms with van der Waals surface area (Å²) in [6.07, 6.45) is 1.56. The van der Waals surface area contributed by atoms with Crippen LogP contribution in [0.4, 0.5) is 0 Å². The molecule has 9 heteroatoms. The van der Waals surface area contributed by atoms with Crippen molar-refractivity contribution in [2.45, 2.75) is 18.5 Å². The highest BCUT2D eigenvalue weighted by Gasteiger charge is 2.30. The summed E-state index contributed by atoms with van der Waals surface area (Å²) < 4.78 is 34.2. The van der Waals surface area contributed by atoms with Crippen molar-refractivity contribution in [3.8, 4) is 5.75 Å². The van der Waals surface area contributed by atoms with Crippen LogP contribution in [-0.4, -0.2) is 71.7 Å². The Morgan fingerprint density at radius 1 is 1.22 bits per heavy atom. The minimum atomic E-state index is -3.55. The molecule has 1 saturated heterocycles. The molecule has 1 aromatic heterocycles. The van der Waals surface area contributed by atoms with Gasteiger partial charge in [-0.25, -0.2) is 13.4 Å². The van der Waals surface area contributed by atoms with Crippen molar-refractivity contribution in [2.75, 3.05) is 39.4 Å². The van der Waals surface area contributed by atoms with E-state index in [0.717, 1.165) is 17.9 Å². The predicted molar refractivity (Wildman–Crippen MR) is 101 cm³/mol. The second-order valence-corrected chi connectivity index (χ2v) is 8.52. The summed E-state index contributed by atoms with van der Waals surface area (Å²) in [5.41, 5.74) is 1.10. The smallest absolute Gasteiger partial charge is 0.262 e. The monoisotopic (exact) mass is 394 g/mol. The third-order valence-corrected chi connectivity index (χ3v) is 6.46. The molecule has 0 radical (unpaired) electrons. The number of nitrogens with zero attached hydrogens (tertiary/aromatic N) is 4. The van der Waals surface area contributed by atoms with Crippen molar-refractivity contribution >= 4 is 10.0 Å². The molecule has 0 atom stereocenters. The third kappa shape index (κ3) is 4.67. The highest BCUT2D eigenvalue weighted by atomic mass is 32.2. The van der Waals surface area contributed by atoms with Gasteiger partial charge in [-0.3, -0.25) is 4.90 Å². The van der Waals surface area contributed by atoms with Crippen molar-refractivity contribution in [2.24, 2.45) is 7.05 Å². The van der Waals surface area contributed by atoms with E-state index < -0.39 is 10.0 Å². The Labute approximate surface area is 160 Å². The summed E-state index contributed by atoms with van der Waals surface area (Å²) in [7, 11) is -1.76. The van der Waals surface area contributed by atoms with E-state index in [1.165, 1.54) is 4.31 Å². The van der Waals surface area contributed by atoms with E-state index in [-0.39, 0.29) is 18.2 Å². The van der Waals surface area contributed by atoms with Crippen LogP contribution < -0.4 is 4.74 Å². The van der Waals surface area contributed by atoms with Gasteiger partial charge < -0.3 is 14.4 Å². The van der Waals surface area contributed by atoms with Gasteiger partial charge in [-0.2, -0.15) is 4.31 Å². The molecule has 1 fully saturated rings. The second-order valence-electron chi connectivity index (χ2n) is 6.64. The molecule has 1 aromatic carbocycles. The van der Waals surface area contributed by atoms with Crippen molar-refractivity contribution < 1.29 is 18.3 Å². The average Bonchev–Trinajstić information content (AvgIpc) is 3.00. The first kappa shape index (κ1) is 19.8. The van der Waals surface area contributed by atoms with Gasteiger partial charge >= 0.3 is 0 Å². The van der Waals surface area contributed by atoms with Crippen LogP contribution in [0, 0.1) is 6.92 Å². The van der Waals surface area contributed by atoms with E-state index in [4.69, 9.17) is 9.84 Å². The summed E-state index contributed by atoms with van der Waals surface area (Å²) in [5, 5.41) is 8.97. The normalized spacial score (nSPS) is 16.6. The van der Waals surface area contributed by atoms with Crippen LogP contribution in [0.5, 0.6) is 5.75 Å². The Bertz CT molecular complexity index is 854. The number of piperazine rings is 1. The van der Waals surface area contributed by atoms with Crippen LogP contribution in [-0.2, 0) is 23.6 Å². The molecular weight excluding hydrogens is 368 g/mol. The van der Waals surface area contributed by atoms with Crippen LogP contribution in [0.15, 0.2) is 35.5 Å². The topological polar surface area (TPSA) is 87.9 Å². The van der Waals surface area contributed by atoms with Crippen LogP contribution in [0.3, 0.4) is 0 Å². The predicted octanol–water partition coefficient (Wildman–Crippen LogP) is 0.606. The van der Waals surface area contributed by atoms with Gasteiger partial charge in [-0.05, 0) is 24.6 Å². The molecule has 0 saturated carbocycles. The van der Waals surface area contributed by atoms with Crippen molar-refractivity contribution in [3.63, 3.8) is 0 Å². The van der Waals surface area contributed by atoms with Crippen molar-refractivity contribution in [1.82, 2.24) is 18.8 Å². The Hall–Kier alpha value is -1.94. The van der Waals surface area contributed by atoms with Crippen molar-refractivity contribution in [1.29, 1.82) is 0 Å². The van der Waals surface area contributed by atoms with Crippen LogP contribution in [0.25, 0.3) is 0 Å². The lowest BCUT2D eigenvalue weighted by Gasteiger charge is -2.33. The fourth-order valence-electron chi connectivity index (χ4n) is 3.07. The number of hydrogen-bond acceptors (Lipinski definition) is 6. The lowest BCUT2D eigenvalue weighted by molar-refractivity contribution is 0.180. The first-order valence-electron chi connectivity index (χ1n) is 8.95. The van der Waals surface area contributed by atoms with Gasteiger partial charge in [0.15, 0.2) is 5.03 Å². The molecule has 1 N–H and O–H groups in total. The number of aromatic nitrogens is 2. The fraction of sp³-hybridized carbons (Fsp3) is 0.500. The van der Waals surface area contributed by atoms with Gasteiger partial charge in [0.05, 0.1) is 6.61 Å². The summed E-state index contributed by atoms with van der Waals surface area (Å²) in [4.78, 5) is 6.39. The first-order chi connectivity index (χ1) is 12.9. The summed E-state index contributed by atoms with van der Waals surface area (Å²) in [5.74, 6) is 1.41. The third-order valence-electron chi connectivity index (χ3n) is 4.69. The number of aliphatic hydroxyl groups excluding tert-OH is 1. The van der Waals surface area contributed by atoms with E-state index >= 15 is 0 Å². The standard InChI is InChI=1S/C18H26N4O4S/c1-15-19-18(14-20(15)2)27(24,25)22-8-6-21(7-9-22)13-16-4-3-5-17(12-16)26-11-10-23/h3-5,12,14,23H,6-11,13H2,1-2H3. The van der Waals surface area contributed by atoms with E-state index in [1.54, 1.807) is 24.7 Å². The van der Waals surface area contributed by atoms with Gasteiger partial charge in [0.1, 0.15) is 18.2 Å². The van der Waals surface area contributed by atoms with E-state index in [2.05, 4.69) is 9.88 Å². The molecular formula is C18H26N4O4S. The Balaban J connectivity index is 1.59. The highest BCUT2D eigenvalue weighted by Crippen LogP contribution is 2.19. The molecule has 1 aliphatic heterocycles. The van der Waals surface area contributed by atoms with Gasteiger partial charge in [0, 0.05) is 46.0 Å². The quantitative estimate of drug-likeness (QED) is 0.740. The maximum absolute atomic E-state index is 12.8. The zero-order valence-electron chi connectivity index (χ0n) is 15.7. The summed E-state index contributed by atoms with van der Waals surface area (Å²) >= 11 is 0. The lowest BCUT2D eigenvalue weighted by atomic mass is 10.2. The molecule has 0 amide bonds. The maximum atomic E-state index is 12.8. The largest absolute Gasteiger partial charge is 0.491 e. The number of benzene rings is 1. The molecule has 0 unspecified atom stereocenters. The SMILES string of the molecule is Cc1nc(S(=O)(=O)N2CCN(Cc3cccc(OCCO)c3)CC2)cn1C. The molecule has 0 bridgehead atoms. The maximum Gasteiger partial charge on any atom is 0.262 e. The van der Waals surface area contributed by atoms with Crippen molar-refractivity contribution in [3.05, 3.63) is 41.9 Å². The molecule has 2 heterocycles. The average molecular weight is 394 g/mol. The molecule has 3 rings (SSSR count). The number of imidazole rings is 1. The molecule has 0 spiro atoms. The van der Waals surface area contributed by atoms with Crippen LogP contribution in [0.2, 0.25) is 0 Å². The van der Waals surface area contributed by atoms with Gasteiger partial charge in [-0.1, -0.05) is 12.1 Å². The Morgan fingerprint density at radius 2 is 1.96 bits per heavy atom. The molecule has 1 aliphatic rings. The molecule has 27 heavy (non-hydrogen) atoms. The van der Waals surface area contributed by atoms with Gasteiger partial charge in [-0.15, -0.1) is 0 Å². The first-order valence-corrected chi connectivity index (χ1v) is 10.4. The number of aliphatic hydroxyl groups is 1. The van der Waals surface area contributed by atoms with Gasteiger partial charge in [0.2, 0.25) is 0 Å². The van der Waals surface area contributed by atoms with E-state index in [9.17, 15) is 8.42 Å². The van der Waals surface area contributed by atoms with E-state index in [1.807, 2.05) is 24.3 Å². The van der Waals surface area contributed by atoms with E-state index in [0.29, 0.717) is 32.0 Å². The number of ether oxygens (including phenoxy) is 1. The fourth-order valence-corrected chi connectivity index (χ4v) is 4.51. The lowest BCUT2D eigenvalue weighted by Crippen LogP contribution is -2.48. The Morgan fingerprint density at radius 3 is 2.59 bits per heavy atom. The highest BCUT2D eigenvalue weighted by molar-refractivity contribution is 7.89. The second kappa shape index (κ2) is 8.39. The molecule has 2 aromatic rings. The van der Waals surface area contributed by atoms with Gasteiger partial charge in [0.25, 0.3) is 10.0 Å². The van der Waals surface area contributed by atoms with Crippen LogP contribution >= 0.6 is 0 Å². The Kier molecular flexibility index (Phi) is 6.15.